The summed E-state index contributed by atoms with van der Waals surface area (Å²) in [6.07, 6.45) is 1.50. The summed E-state index contributed by atoms with van der Waals surface area (Å²) in [7, 11) is 0. The van der Waals surface area contributed by atoms with Gasteiger partial charge in [0.25, 0.3) is 0 Å². The molecule has 0 aliphatic carbocycles. The summed E-state index contributed by atoms with van der Waals surface area (Å²) >= 11 is 0. The Bertz CT molecular complexity index is 150. The average Bonchev–Trinajstić information content (AvgIpc) is 1.88. The minimum absolute atomic E-state index is 0.294. The Morgan fingerprint density at radius 1 is 1.10 bits per heavy atom. The third kappa shape index (κ3) is 2.34. The second-order valence-electron chi connectivity index (χ2n) is 2.61. The van der Waals surface area contributed by atoms with Crippen molar-refractivity contribution >= 4 is 5.78 Å². The van der Waals surface area contributed by atoms with Crippen molar-refractivity contribution in [2.24, 2.45) is 0 Å². The van der Waals surface area contributed by atoms with E-state index in [1.807, 2.05) is 27.7 Å². The molecule has 58 valence electrons. The number of carbonyl (C=O) groups excluding carboxylic acids is 1. The van der Waals surface area contributed by atoms with Gasteiger partial charge in [-0.1, -0.05) is 19.4 Å². The number of ketones is 1. The molecule has 0 radical (unpaired) electrons. The number of hydrogen-bond donors (Lipinski definition) is 0. The molecule has 0 amide bonds. The van der Waals surface area contributed by atoms with Gasteiger partial charge in [-0.05, 0) is 25.8 Å². The van der Waals surface area contributed by atoms with E-state index >= 15 is 0 Å². The van der Waals surface area contributed by atoms with Crippen LogP contribution >= 0.6 is 0 Å². The first-order chi connectivity index (χ1) is 4.63. The number of allylic oxidation sites excluding steroid dienone is 2. The molecule has 1 heteroatoms. The summed E-state index contributed by atoms with van der Waals surface area (Å²) in [6, 6.07) is 0. The topological polar surface area (TPSA) is 17.1 Å². The smallest absolute Gasteiger partial charge is 0.158 e. The maximum Gasteiger partial charge on any atom is 0.158 e. The van der Waals surface area contributed by atoms with E-state index in [2.05, 4.69) is 0 Å². The Morgan fingerprint density at radius 2 is 1.60 bits per heavy atom. The lowest BCUT2D eigenvalue weighted by Crippen LogP contribution is -2.00. The molecule has 0 aliphatic heterocycles. The van der Waals surface area contributed by atoms with E-state index in [-0.39, 0.29) is 0 Å². The zero-order valence-corrected chi connectivity index (χ0v) is 7.32. The van der Waals surface area contributed by atoms with Crippen LogP contribution in [0.2, 0.25) is 0 Å². The minimum Gasteiger partial charge on any atom is -0.295 e. The van der Waals surface area contributed by atoms with Crippen molar-refractivity contribution in [3.63, 3.8) is 0 Å². The highest BCUT2D eigenvalue weighted by molar-refractivity contribution is 5.95. The van der Waals surface area contributed by atoms with Gasteiger partial charge in [0.15, 0.2) is 5.78 Å². The van der Waals surface area contributed by atoms with Crippen molar-refractivity contribution < 1.29 is 4.79 Å². The standard InChI is InChI=1S/C9H16O/c1-5-8(7(3)4)9(10)6-2/h5-6H2,1-4H3. The molecule has 0 saturated carbocycles. The summed E-state index contributed by atoms with van der Waals surface area (Å²) in [4.78, 5) is 11.1. The first kappa shape index (κ1) is 9.41. The molecule has 0 bridgehead atoms. The Labute approximate surface area is 63.1 Å². The van der Waals surface area contributed by atoms with Crippen LogP contribution in [0.5, 0.6) is 0 Å². The predicted octanol–water partition coefficient (Wildman–Crippen LogP) is 2.71. The van der Waals surface area contributed by atoms with Gasteiger partial charge in [-0.3, -0.25) is 4.79 Å². The quantitative estimate of drug-likeness (QED) is 0.551. The molecule has 0 heterocycles. The highest BCUT2D eigenvalue weighted by Gasteiger charge is 2.04. The molecule has 0 spiro atoms. The molecule has 0 aromatic rings. The molecule has 1 nitrogen and oxygen atoms in total. The first-order valence-electron chi connectivity index (χ1n) is 3.83. The largest absolute Gasteiger partial charge is 0.295 e. The van der Waals surface area contributed by atoms with Crippen LogP contribution in [-0.2, 0) is 4.79 Å². The van der Waals surface area contributed by atoms with Crippen molar-refractivity contribution in [3.8, 4) is 0 Å². The second kappa shape index (κ2) is 4.26. The van der Waals surface area contributed by atoms with E-state index in [4.69, 9.17) is 0 Å². The Balaban J connectivity index is 4.37. The molecule has 0 unspecified atom stereocenters. The molecule has 0 aromatic heterocycles. The van der Waals surface area contributed by atoms with Crippen LogP contribution < -0.4 is 0 Å². The molecular weight excluding hydrogens is 124 g/mol. The summed E-state index contributed by atoms with van der Waals surface area (Å²) in [6.45, 7) is 7.91. The van der Waals surface area contributed by atoms with Crippen LogP contribution in [0, 0.1) is 0 Å². The third-order valence-electron chi connectivity index (χ3n) is 1.61. The number of rotatable bonds is 3. The Hall–Kier alpha value is -0.590. The molecule has 0 rings (SSSR count). The van der Waals surface area contributed by atoms with E-state index in [1.165, 1.54) is 0 Å². The molecule has 0 aromatic carbocycles. The summed E-state index contributed by atoms with van der Waals surface area (Å²) in [5, 5.41) is 0. The van der Waals surface area contributed by atoms with Gasteiger partial charge >= 0.3 is 0 Å². The van der Waals surface area contributed by atoms with E-state index in [9.17, 15) is 4.79 Å². The fourth-order valence-electron chi connectivity index (χ4n) is 1.04. The number of carbonyl (C=O) groups is 1. The van der Waals surface area contributed by atoms with Gasteiger partial charge in [0.1, 0.15) is 0 Å². The van der Waals surface area contributed by atoms with Gasteiger partial charge in [-0.15, -0.1) is 0 Å². The van der Waals surface area contributed by atoms with E-state index in [0.29, 0.717) is 12.2 Å². The van der Waals surface area contributed by atoms with E-state index < -0.39 is 0 Å². The zero-order chi connectivity index (χ0) is 8.15. The lowest BCUT2D eigenvalue weighted by atomic mass is 10.0. The van der Waals surface area contributed by atoms with Crippen molar-refractivity contribution in [1.29, 1.82) is 0 Å². The van der Waals surface area contributed by atoms with E-state index in [0.717, 1.165) is 17.6 Å². The zero-order valence-electron chi connectivity index (χ0n) is 7.32. The molecular formula is C9H16O. The third-order valence-corrected chi connectivity index (χ3v) is 1.61. The molecule has 0 fully saturated rings. The molecule has 0 N–H and O–H groups in total. The molecule has 0 atom stereocenters. The van der Waals surface area contributed by atoms with Crippen molar-refractivity contribution in [3.05, 3.63) is 11.1 Å². The van der Waals surface area contributed by atoms with Gasteiger partial charge in [0.05, 0.1) is 0 Å². The van der Waals surface area contributed by atoms with Gasteiger partial charge in [-0.2, -0.15) is 0 Å². The summed E-state index contributed by atoms with van der Waals surface area (Å²) < 4.78 is 0. The van der Waals surface area contributed by atoms with E-state index in [1.54, 1.807) is 0 Å². The number of hydrogen-bond acceptors (Lipinski definition) is 1. The van der Waals surface area contributed by atoms with Crippen LogP contribution in [0.3, 0.4) is 0 Å². The summed E-state index contributed by atoms with van der Waals surface area (Å²) in [5.41, 5.74) is 2.16. The predicted molar refractivity (Wildman–Crippen MR) is 44.0 cm³/mol. The van der Waals surface area contributed by atoms with Gasteiger partial charge in [-0.25, -0.2) is 0 Å². The first-order valence-corrected chi connectivity index (χ1v) is 3.83. The highest BCUT2D eigenvalue weighted by Crippen LogP contribution is 2.10. The minimum atomic E-state index is 0.294. The fraction of sp³-hybridized carbons (Fsp3) is 0.667. The maximum atomic E-state index is 11.1. The van der Waals surface area contributed by atoms with Gasteiger partial charge in [0.2, 0.25) is 0 Å². The van der Waals surface area contributed by atoms with Crippen LogP contribution in [0.4, 0.5) is 0 Å². The normalized spacial score (nSPS) is 9.20. The Morgan fingerprint density at radius 3 is 1.70 bits per heavy atom. The van der Waals surface area contributed by atoms with Crippen LogP contribution in [0.1, 0.15) is 40.5 Å². The fourth-order valence-corrected chi connectivity index (χ4v) is 1.04. The second-order valence-corrected chi connectivity index (χ2v) is 2.61. The van der Waals surface area contributed by atoms with Crippen molar-refractivity contribution in [1.82, 2.24) is 0 Å². The highest BCUT2D eigenvalue weighted by atomic mass is 16.1. The van der Waals surface area contributed by atoms with Crippen LogP contribution in [0.15, 0.2) is 11.1 Å². The van der Waals surface area contributed by atoms with Gasteiger partial charge in [0, 0.05) is 6.42 Å². The van der Waals surface area contributed by atoms with Crippen molar-refractivity contribution in [2.75, 3.05) is 0 Å². The van der Waals surface area contributed by atoms with Crippen LogP contribution in [-0.4, -0.2) is 5.78 Å². The molecule has 0 saturated heterocycles. The number of Topliss-reactive ketones (excluding diaryl/α,β-unsaturated/α-hetero) is 1. The maximum absolute atomic E-state index is 11.1. The molecule has 10 heavy (non-hydrogen) atoms. The lowest BCUT2D eigenvalue weighted by molar-refractivity contribution is -0.115. The Kier molecular flexibility index (Phi) is 4.01. The SMILES string of the molecule is CCC(=O)C(CC)=C(C)C. The monoisotopic (exact) mass is 140 g/mol. The summed E-state index contributed by atoms with van der Waals surface area (Å²) in [5.74, 6) is 0.294. The van der Waals surface area contributed by atoms with Crippen molar-refractivity contribution in [2.45, 2.75) is 40.5 Å². The lowest BCUT2D eigenvalue weighted by Gasteiger charge is -2.02. The molecule has 0 aliphatic rings. The van der Waals surface area contributed by atoms with Gasteiger partial charge < -0.3 is 0 Å². The average molecular weight is 140 g/mol. The van der Waals surface area contributed by atoms with Crippen LogP contribution in [0.25, 0.3) is 0 Å².